The zero-order valence-electron chi connectivity index (χ0n) is 11.6. The third-order valence-corrected chi connectivity index (χ3v) is 3.29. The Labute approximate surface area is 161 Å². The smallest absolute Gasteiger partial charge is 0.150 e. The maximum absolute atomic E-state index is 7.35. The maximum Gasteiger partial charge on any atom is 0.150 e. The minimum atomic E-state index is 0. The number of fused-ring (bicyclic) bond motifs is 1. The summed E-state index contributed by atoms with van der Waals surface area (Å²) >= 11 is 7.88. The van der Waals surface area contributed by atoms with Crippen LogP contribution in [0.3, 0.4) is 0 Å². The average Bonchev–Trinajstić information content (AvgIpc) is 2.42. The number of nitrogens with one attached hydrogen (secondary N) is 4. The van der Waals surface area contributed by atoms with Gasteiger partial charge in [0.1, 0.15) is 0 Å². The number of amidine groups is 2. The molecular weight excluding hydrogens is 448 g/mol. The van der Waals surface area contributed by atoms with Gasteiger partial charge in [0.15, 0.2) is 10.3 Å². The van der Waals surface area contributed by atoms with Crippen LogP contribution >= 0.6 is 59.2 Å². The second-order valence-corrected chi connectivity index (χ2v) is 5.23. The Hall–Kier alpha value is -0.700. The predicted octanol–water partition coefficient (Wildman–Crippen LogP) is 3.90. The summed E-state index contributed by atoms with van der Waals surface area (Å²) in [6, 6.07) is 12.2. The minimum absolute atomic E-state index is 0. The molecule has 4 nitrogen and oxygen atoms in total. The van der Waals surface area contributed by atoms with Gasteiger partial charge in [0, 0.05) is 13.1 Å². The molecule has 0 aliphatic heterocycles. The lowest BCUT2D eigenvalue weighted by Gasteiger charge is -2.13. The number of hydrogen-bond donors (Lipinski definition) is 6. The molecule has 4 N–H and O–H groups in total. The summed E-state index contributed by atoms with van der Waals surface area (Å²) in [6.45, 7) is 1.10. The van der Waals surface area contributed by atoms with Crippen LogP contribution in [0.15, 0.2) is 36.4 Å². The third kappa shape index (κ3) is 5.83. The van der Waals surface area contributed by atoms with E-state index >= 15 is 0 Å². The first-order chi connectivity index (χ1) is 9.58. The van der Waals surface area contributed by atoms with E-state index in [0.717, 1.165) is 21.9 Å². The number of halogens is 2. The van der Waals surface area contributed by atoms with Gasteiger partial charge in [-0.25, -0.2) is 0 Å². The molecule has 0 fully saturated rings. The van der Waals surface area contributed by atoms with Crippen molar-refractivity contribution in [2.45, 2.75) is 13.1 Å². The van der Waals surface area contributed by atoms with Gasteiger partial charge in [-0.3, -0.25) is 10.8 Å². The van der Waals surface area contributed by atoms with Crippen LogP contribution in [0.1, 0.15) is 11.1 Å². The highest BCUT2D eigenvalue weighted by atomic mass is 79.9. The van der Waals surface area contributed by atoms with Gasteiger partial charge in [-0.15, -0.1) is 59.2 Å². The third-order valence-electron chi connectivity index (χ3n) is 2.97. The lowest BCUT2D eigenvalue weighted by molar-refractivity contribution is 0.912. The van der Waals surface area contributed by atoms with E-state index < -0.39 is 0 Å². The molecule has 0 aliphatic rings. The quantitative estimate of drug-likeness (QED) is 0.235. The first-order valence-electron chi connectivity index (χ1n) is 6.10. The molecule has 0 bridgehead atoms. The minimum Gasteiger partial charge on any atom is -0.361 e. The summed E-state index contributed by atoms with van der Waals surface area (Å²) in [6.07, 6.45) is 0. The number of thiol groups is 2. The first kappa shape index (κ1) is 21.3. The summed E-state index contributed by atoms with van der Waals surface area (Å²) < 4.78 is 0. The molecular formula is C14H18Br2N4S2. The van der Waals surface area contributed by atoms with Gasteiger partial charge in [0.25, 0.3) is 0 Å². The monoisotopic (exact) mass is 464 g/mol. The molecule has 0 unspecified atom stereocenters. The summed E-state index contributed by atoms with van der Waals surface area (Å²) in [5.74, 6) is 0. The zero-order valence-corrected chi connectivity index (χ0v) is 16.8. The lowest BCUT2D eigenvalue weighted by atomic mass is 9.99. The van der Waals surface area contributed by atoms with Crippen molar-refractivity contribution < 1.29 is 0 Å². The van der Waals surface area contributed by atoms with E-state index in [0.29, 0.717) is 13.1 Å². The van der Waals surface area contributed by atoms with Crippen LogP contribution in [0.5, 0.6) is 0 Å². The SMILES string of the molecule is Br.Br.N=C(S)NCc1cccc2cccc(CNC(=N)S)c12. The van der Waals surface area contributed by atoms with E-state index in [1.54, 1.807) is 0 Å². The molecule has 0 saturated carbocycles. The molecule has 8 heteroatoms. The van der Waals surface area contributed by atoms with Crippen LogP contribution in [0.2, 0.25) is 0 Å². The zero-order chi connectivity index (χ0) is 14.5. The maximum atomic E-state index is 7.35. The van der Waals surface area contributed by atoms with Crippen molar-refractivity contribution in [3.8, 4) is 0 Å². The average molecular weight is 466 g/mol. The van der Waals surface area contributed by atoms with Crippen LogP contribution in [0, 0.1) is 10.8 Å². The summed E-state index contributed by atoms with van der Waals surface area (Å²) in [7, 11) is 0. The largest absolute Gasteiger partial charge is 0.361 e. The first-order valence-corrected chi connectivity index (χ1v) is 6.99. The van der Waals surface area contributed by atoms with Gasteiger partial charge in [-0.1, -0.05) is 36.4 Å². The Bertz CT molecular complexity index is 612. The van der Waals surface area contributed by atoms with Gasteiger partial charge in [0.05, 0.1) is 0 Å². The molecule has 0 saturated heterocycles. The van der Waals surface area contributed by atoms with Gasteiger partial charge in [-0.2, -0.15) is 0 Å². The number of rotatable bonds is 4. The fourth-order valence-corrected chi connectivity index (χ4v) is 2.31. The molecule has 22 heavy (non-hydrogen) atoms. The fraction of sp³-hybridized carbons (Fsp3) is 0.143. The Morgan fingerprint density at radius 2 is 1.23 bits per heavy atom. The van der Waals surface area contributed by atoms with Crippen molar-refractivity contribution in [1.29, 1.82) is 10.8 Å². The molecule has 0 aromatic heterocycles. The molecule has 0 spiro atoms. The Morgan fingerprint density at radius 1 is 0.818 bits per heavy atom. The van der Waals surface area contributed by atoms with Crippen molar-refractivity contribution in [2.75, 3.05) is 0 Å². The van der Waals surface area contributed by atoms with E-state index in [-0.39, 0.29) is 44.3 Å². The van der Waals surface area contributed by atoms with E-state index in [2.05, 4.69) is 48.0 Å². The van der Waals surface area contributed by atoms with Crippen LogP contribution < -0.4 is 10.6 Å². The predicted molar refractivity (Wildman–Crippen MR) is 112 cm³/mol. The molecule has 2 rings (SSSR count). The molecule has 0 aliphatic carbocycles. The molecule has 0 heterocycles. The molecule has 0 atom stereocenters. The molecule has 120 valence electrons. The fourth-order valence-electron chi connectivity index (χ4n) is 2.15. The highest BCUT2D eigenvalue weighted by molar-refractivity contribution is 8.93. The highest BCUT2D eigenvalue weighted by Gasteiger charge is 2.06. The number of hydrogen-bond acceptors (Lipinski definition) is 2. The second kappa shape index (κ2) is 10.1. The summed E-state index contributed by atoms with van der Waals surface area (Å²) in [4.78, 5) is 0. The number of benzene rings is 2. The van der Waals surface area contributed by atoms with E-state index in [1.165, 1.54) is 0 Å². The van der Waals surface area contributed by atoms with Crippen molar-refractivity contribution in [3.05, 3.63) is 47.5 Å². The van der Waals surface area contributed by atoms with Gasteiger partial charge >= 0.3 is 0 Å². The highest BCUT2D eigenvalue weighted by Crippen LogP contribution is 2.23. The Kier molecular flexibility index (Phi) is 9.82. The van der Waals surface area contributed by atoms with E-state index in [1.807, 2.05) is 24.3 Å². The lowest BCUT2D eigenvalue weighted by Crippen LogP contribution is -2.18. The van der Waals surface area contributed by atoms with E-state index in [9.17, 15) is 0 Å². The van der Waals surface area contributed by atoms with Gasteiger partial charge in [0.2, 0.25) is 0 Å². The molecule has 2 aromatic carbocycles. The topological polar surface area (TPSA) is 71.8 Å². The van der Waals surface area contributed by atoms with Crippen LogP contribution in [0.25, 0.3) is 10.8 Å². The van der Waals surface area contributed by atoms with Crippen molar-refractivity contribution >= 4 is 80.3 Å². The van der Waals surface area contributed by atoms with Crippen LogP contribution in [0.4, 0.5) is 0 Å². The van der Waals surface area contributed by atoms with E-state index in [4.69, 9.17) is 10.8 Å². The summed E-state index contributed by atoms with van der Waals surface area (Å²) in [5.41, 5.74) is 2.20. The second-order valence-electron chi connectivity index (χ2n) is 4.34. The normalized spacial score (nSPS) is 9.36. The Balaban J connectivity index is 0.00000220. The molecule has 0 radical (unpaired) electrons. The van der Waals surface area contributed by atoms with Gasteiger partial charge < -0.3 is 10.6 Å². The Morgan fingerprint density at radius 3 is 1.59 bits per heavy atom. The molecule has 2 aromatic rings. The van der Waals surface area contributed by atoms with Crippen molar-refractivity contribution in [1.82, 2.24) is 10.6 Å². The van der Waals surface area contributed by atoms with Crippen LogP contribution in [-0.4, -0.2) is 10.3 Å². The molecule has 0 amide bonds. The van der Waals surface area contributed by atoms with Crippen molar-refractivity contribution in [2.24, 2.45) is 0 Å². The van der Waals surface area contributed by atoms with Crippen LogP contribution in [-0.2, 0) is 13.1 Å². The standard InChI is InChI=1S/C14H16N4S2.2BrH/c15-13(19)17-7-10-5-1-3-9-4-2-6-11(12(9)10)8-18-14(16)20;;/h1-6H,7-8H2,(H3,15,17,19)(H3,16,18,20);2*1H. The van der Waals surface area contributed by atoms with Gasteiger partial charge in [-0.05, 0) is 21.9 Å². The summed E-state index contributed by atoms with van der Waals surface area (Å²) in [5, 5.41) is 23.1. The van der Waals surface area contributed by atoms with Crippen molar-refractivity contribution in [3.63, 3.8) is 0 Å².